The Labute approximate surface area is 125 Å². The third kappa shape index (κ3) is 2.17. The van der Waals surface area contributed by atoms with Crippen molar-refractivity contribution in [3.63, 3.8) is 0 Å². The standard InChI is InChI=1S/C21H18/c1-15-10-11-17-13-18-8-5-9-20(16-6-3-2-4-7-16)21(18)14-19(17)12-15/h2-4,6-7,9-14H,5,8H2,1H3. The lowest BCUT2D eigenvalue weighted by Gasteiger charge is -2.19. The summed E-state index contributed by atoms with van der Waals surface area (Å²) in [5, 5.41) is 2.70. The monoisotopic (exact) mass is 270 g/mol. The van der Waals surface area contributed by atoms with Crippen LogP contribution >= 0.6 is 0 Å². The van der Waals surface area contributed by atoms with Crippen LogP contribution in [0.3, 0.4) is 0 Å². The summed E-state index contributed by atoms with van der Waals surface area (Å²) in [7, 11) is 0. The summed E-state index contributed by atoms with van der Waals surface area (Å²) in [6.45, 7) is 2.16. The van der Waals surface area contributed by atoms with Crippen LogP contribution in [-0.4, -0.2) is 0 Å². The summed E-state index contributed by atoms with van der Waals surface area (Å²) in [5.41, 5.74) is 6.92. The Balaban J connectivity index is 1.94. The summed E-state index contributed by atoms with van der Waals surface area (Å²) >= 11 is 0. The van der Waals surface area contributed by atoms with Crippen molar-refractivity contribution in [2.24, 2.45) is 0 Å². The molecule has 0 bridgehead atoms. The highest BCUT2D eigenvalue weighted by atomic mass is 14.2. The van der Waals surface area contributed by atoms with Gasteiger partial charge in [0.2, 0.25) is 0 Å². The Hall–Kier alpha value is -2.34. The molecule has 4 rings (SSSR count). The van der Waals surface area contributed by atoms with E-state index in [0.717, 1.165) is 12.8 Å². The molecule has 0 saturated carbocycles. The number of hydrogen-bond acceptors (Lipinski definition) is 0. The molecule has 0 spiro atoms. The average molecular weight is 270 g/mol. The molecule has 0 amide bonds. The zero-order valence-electron chi connectivity index (χ0n) is 12.3. The highest BCUT2D eigenvalue weighted by Crippen LogP contribution is 2.34. The fourth-order valence-corrected chi connectivity index (χ4v) is 3.29. The minimum atomic E-state index is 1.13. The molecule has 3 aromatic rings. The second-order valence-electron chi connectivity index (χ2n) is 5.88. The number of benzene rings is 3. The minimum absolute atomic E-state index is 1.13. The van der Waals surface area contributed by atoms with Gasteiger partial charge in [0, 0.05) is 0 Å². The first-order valence-corrected chi connectivity index (χ1v) is 7.60. The molecule has 0 nitrogen and oxygen atoms in total. The van der Waals surface area contributed by atoms with Crippen molar-refractivity contribution in [2.45, 2.75) is 19.8 Å². The van der Waals surface area contributed by atoms with Crippen molar-refractivity contribution in [3.8, 4) is 0 Å². The summed E-state index contributed by atoms with van der Waals surface area (Å²) in [6.07, 6.45) is 4.67. The number of allylic oxidation sites excluding steroid dienone is 1. The van der Waals surface area contributed by atoms with Gasteiger partial charge in [-0.2, -0.15) is 0 Å². The van der Waals surface area contributed by atoms with Gasteiger partial charge in [-0.1, -0.05) is 66.2 Å². The molecule has 0 aromatic heterocycles. The van der Waals surface area contributed by atoms with Crippen LogP contribution in [0.4, 0.5) is 0 Å². The molecule has 0 aliphatic heterocycles. The molecule has 0 fully saturated rings. The van der Waals surface area contributed by atoms with Crippen LogP contribution in [0, 0.1) is 6.92 Å². The van der Waals surface area contributed by atoms with Crippen LogP contribution in [0.1, 0.15) is 28.7 Å². The first-order valence-electron chi connectivity index (χ1n) is 7.60. The van der Waals surface area contributed by atoms with E-state index >= 15 is 0 Å². The SMILES string of the molecule is Cc1ccc2cc3c(cc2c1)C(c1ccccc1)=CCC3. The van der Waals surface area contributed by atoms with Crippen LogP contribution in [0.15, 0.2) is 66.7 Å². The lowest BCUT2D eigenvalue weighted by Crippen LogP contribution is -2.01. The molecule has 0 heterocycles. The molecule has 0 heteroatoms. The maximum Gasteiger partial charge on any atom is -0.0143 e. The fraction of sp³-hybridized carbons (Fsp3) is 0.143. The van der Waals surface area contributed by atoms with Gasteiger partial charge < -0.3 is 0 Å². The Morgan fingerprint density at radius 3 is 2.52 bits per heavy atom. The van der Waals surface area contributed by atoms with Crippen LogP contribution in [0.5, 0.6) is 0 Å². The van der Waals surface area contributed by atoms with Crippen molar-refractivity contribution >= 4 is 16.3 Å². The highest BCUT2D eigenvalue weighted by Gasteiger charge is 2.15. The van der Waals surface area contributed by atoms with Gasteiger partial charge in [0.1, 0.15) is 0 Å². The van der Waals surface area contributed by atoms with Crippen LogP contribution < -0.4 is 0 Å². The van der Waals surface area contributed by atoms with Crippen molar-refractivity contribution in [1.82, 2.24) is 0 Å². The van der Waals surface area contributed by atoms with Gasteiger partial charge in [-0.15, -0.1) is 0 Å². The second-order valence-corrected chi connectivity index (χ2v) is 5.88. The molecule has 102 valence electrons. The molecule has 0 saturated heterocycles. The lowest BCUT2D eigenvalue weighted by molar-refractivity contribution is 0.981. The van der Waals surface area contributed by atoms with E-state index in [-0.39, 0.29) is 0 Å². The zero-order chi connectivity index (χ0) is 14.2. The van der Waals surface area contributed by atoms with Gasteiger partial charge >= 0.3 is 0 Å². The van der Waals surface area contributed by atoms with Crippen molar-refractivity contribution < 1.29 is 0 Å². The second kappa shape index (κ2) is 4.89. The third-order valence-corrected chi connectivity index (χ3v) is 4.35. The number of hydrogen-bond donors (Lipinski definition) is 0. The lowest BCUT2D eigenvalue weighted by atomic mass is 9.85. The molecule has 0 atom stereocenters. The predicted molar refractivity (Wildman–Crippen MR) is 90.5 cm³/mol. The first-order chi connectivity index (χ1) is 10.3. The fourth-order valence-electron chi connectivity index (χ4n) is 3.29. The van der Waals surface area contributed by atoms with Gasteiger partial charge in [0.15, 0.2) is 0 Å². The summed E-state index contributed by atoms with van der Waals surface area (Å²) in [4.78, 5) is 0. The van der Waals surface area contributed by atoms with Gasteiger partial charge in [-0.05, 0) is 58.9 Å². The van der Waals surface area contributed by atoms with E-state index in [1.807, 2.05) is 0 Å². The van der Waals surface area contributed by atoms with Gasteiger partial charge in [0.25, 0.3) is 0 Å². The normalized spacial score (nSPS) is 13.9. The van der Waals surface area contributed by atoms with E-state index in [1.54, 1.807) is 0 Å². The first kappa shape index (κ1) is 12.4. The zero-order valence-corrected chi connectivity index (χ0v) is 12.3. The van der Waals surface area contributed by atoms with E-state index in [9.17, 15) is 0 Å². The van der Waals surface area contributed by atoms with Crippen molar-refractivity contribution in [2.75, 3.05) is 0 Å². The van der Waals surface area contributed by atoms with E-state index in [2.05, 4.69) is 73.7 Å². The summed E-state index contributed by atoms with van der Waals surface area (Å²) in [6, 6.07) is 22.2. The number of aryl methyl sites for hydroxylation is 2. The van der Waals surface area contributed by atoms with Crippen molar-refractivity contribution in [1.29, 1.82) is 0 Å². The molecule has 0 unspecified atom stereocenters. The highest BCUT2D eigenvalue weighted by molar-refractivity contribution is 5.92. The largest absolute Gasteiger partial charge is 0.0757 e. The molecule has 0 radical (unpaired) electrons. The van der Waals surface area contributed by atoms with E-state index < -0.39 is 0 Å². The topological polar surface area (TPSA) is 0 Å². The number of rotatable bonds is 1. The predicted octanol–water partition coefficient (Wildman–Crippen LogP) is 5.53. The average Bonchev–Trinajstić information content (AvgIpc) is 2.53. The van der Waals surface area contributed by atoms with E-state index in [1.165, 1.54) is 38.6 Å². The number of fused-ring (bicyclic) bond motifs is 2. The van der Waals surface area contributed by atoms with Crippen LogP contribution in [-0.2, 0) is 6.42 Å². The molecular weight excluding hydrogens is 252 g/mol. The summed E-state index contributed by atoms with van der Waals surface area (Å²) in [5.74, 6) is 0. The van der Waals surface area contributed by atoms with E-state index in [4.69, 9.17) is 0 Å². The van der Waals surface area contributed by atoms with Gasteiger partial charge in [-0.25, -0.2) is 0 Å². The van der Waals surface area contributed by atoms with E-state index in [0.29, 0.717) is 0 Å². The quantitative estimate of drug-likeness (QED) is 0.545. The molecule has 1 aliphatic carbocycles. The maximum atomic E-state index is 2.39. The van der Waals surface area contributed by atoms with Crippen LogP contribution in [0.2, 0.25) is 0 Å². The molecule has 1 aliphatic rings. The molecule has 3 aromatic carbocycles. The Morgan fingerprint density at radius 1 is 0.810 bits per heavy atom. The molecule has 21 heavy (non-hydrogen) atoms. The Bertz CT molecular complexity index is 839. The molecular formula is C21H18. The Morgan fingerprint density at radius 2 is 1.67 bits per heavy atom. The minimum Gasteiger partial charge on any atom is -0.0757 e. The smallest absolute Gasteiger partial charge is 0.0143 e. The van der Waals surface area contributed by atoms with Crippen LogP contribution in [0.25, 0.3) is 16.3 Å². The van der Waals surface area contributed by atoms with Crippen molar-refractivity contribution in [3.05, 3.63) is 89.0 Å². The summed E-state index contributed by atoms with van der Waals surface area (Å²) < 4.78 is 0. The third-order valence-electron chi connectivity index (χ3n) is 4.35. The molecule has 0 N–H and O–H groups in total. The van der Waals surface area contributed by atoms with Gasteiger partial charge in [-0.3, -0.25) is 0 Å². The Kier molecular flexibility index (Phi) is 2.89. The van der Waals surface area contributed by atoms with Gasteiger partial charge in [0.05, 0.1) is 0 Å². The maximum absolute atomic E-state index is 2.39.